The maximum Gasteiger partial charge on any atom is 0.0781 e. The summed E-state index contributed by atoms with van der Waals surface area (Å²) in [6, 6.07) is 37.2. The first-order valence-corrected chi connectivity index (χ1v) is 12.4. The third-order valence-corrected chi connectivity index (χ3v) is 6.69. The second-order valence-corrected chi connectivity index (χ2v) is 9.21. The molecule has 0 fully saturated rings. The van der Waals surface area contributed by atoms with Crippen LogP contribution in [0.2, 0.25) is 0 Å². The van der Waals surface area contributed by atoms with E-state index in [1.54, 1.807) is 0 Å². The fraction of sp³-hybridized carbons (Fsp3) is 0.219. The lowest BCUT2D eigenvalue weighted by molar-refractivity contribution is 0.585. The quantitative estimate of drug-likeness (QED) is 0.261. The standard InChI is InChI=1S/C32H32N2/c1-3-4-15-30-22-27-18-19-28(23-31(27)34(30)29-20-16-24(2)17-21-29)33-32(25-11-7-5-8-12-25)26-13-9-6-10-14-26/h5-14,16-21,23,30H,3-4,15,22H2,1-2H3. The Morgan fingerprint density at radius 2 is 1.47 bits per heavy atom. The Bertz CT molecular complexity index is 1220. The van der Waals surface area contributed by atoms with E-state index in [1.165, 1.54) is 41.8 Å². The molecule has 1 unspecified atom stereocenters. The summed E-state index contributed by atoms with van der Waals surface area (Å²) in [5.74, 6) is 0. The van der Waals surface area contributed by atoms with Gasteiger partial charge in [-0.05, 0) is 49.6 Å². The minimum Gasteiger partial charge on any atom is -0.338 e. The number of aliphatic imine (C=N–C) groups is 1. The Morgan fingerprint density at radius 1 is 0.824 bits per heavy atom. The smallest absolute Gasteiger partial charge is 0.0781 e. The summed E-state index contributed by atoms with van der Waals surface area (Å²) in [7, 11) is 0. The molecule has 170 valence electrons. The zero-order chi connectivity index (χ0) is 23.3. The van der Waals surface area contributed by atoms with E-state index in [4.69, 9.17) is 4.99 Å². The van der Waals surface area contributed by atoms with E-state index in [0.29, 0.717) is 6.04 Å². The van der Waals surface area contributed by atoms with E-state index in [1.807, 2.05) is 0 Å². The van der Waals surface area contributed by atoms with E-state index in [-0.39, 0.29) is 0 Å². The molecule has 4 aromatic rings. The molecule has 1 aliphatic rings. The number of hydrogen-bond acceptors (Lipinski definition) is 2. The van der Waals surface area contributed by atoms with Gasteiger partial charge in [0.05, 0.1) is 11.4 Å². The van der Waals surface area contributed by atoms with Crippen LogP contribution >= 0.6 is 0 Å². The van der Waals surface area contributed by atoms with E-state index >= 15 is 0 Å². The van der Waals surface area contributed by atoms with Crippen LogP contribution in [-0.2, 0) is 6.42 Å². The van der Waals surface area contributed by atoms with Crippen molar-refractivity contribution in [3.05, 3.63) is 125 Å². The van der Waals surface area contributed by atoms with Crippen molar-refractivity contribution in [2.75, 3.05) is 4.90 Å². The van der Waals surface area contributed by atoms with Gasteiger partial charge in [0.1, 0.15) is 0 Å². The third-order valence-electron chi connectivity index (χ3n) is 6.69. The van der Waals surface area contributed by atoms with Gasteiger partial charge in [0, 0.05) is 28.5 Å². The van der Waals surface area contributed by atoms with Crippen LogP contribution in [0.5, 0.6) is 0 Å². The highest BCUT2D eigenvalue weighted by Crippen LogP contribution is 2.42. The van der Waals surface area contributed by atoms with Crippen molar-refractivity contribution in [1.29, 1.82) is 0 Å². The van der Waals surface area contributed by atoms with Crippen LogP contribution in [0, 0.1) is 6.92 Å². The second kappa shape index (κ2) is 10.1. The zero-order valence-corrected chi connectivity index (χ0v) is 20.1. The predicted molar refractivity (Wildman–Crippen MR) is 145 cm³/mol. The SMILES string of the molecule is CCCCC1Cc2ccc(N=C(c3ccccc3)c3ccccc3)cc2N1c1ccc(C)cc1. The first kappa shape index (κ1) is 22.2. The topological polar surface area (TPSA) is 15.6 Å². The molecule has 0 aromatic heterocycles. The molecule has 0 saturated carbocycles. The summed E-state index contributed by atoms with van der Waals surface area (Å²) < 4.78 is 0. The summed E-state index contributed by atoms with van der Waals surface area (Å²) in [6.45, 7) is 4.43. The number of benzene rings is 4. The molecule has 1 heterocycles. The predicted octanol–water partition coefficient (Wildman–Crippen LogP) is 8.42. The molecule has 0 saturated heterocycles. The van der Waals surface area contributed by atoms with Gasteiger partial charge < -0.3 is 4.90 Å². The second-order valence-electron chi connectivity index (χ2n) is 9.21. The van der Waals surface area contributed by atoms with E-state index in [0.717, 1.165) is 28.9 Å². The molecule has 5 rings (SSSR count). The van der Waals surface area contributed by atoms with Crippen molar-refractivity contribution in [1.82, 2.24) is 0 Å². The van der Waals surface area contributed by atoms with Crippen molar-refractivity contribution in [2.45, 2.75) is 45.6 Å². The summed E-state index contributed by atoms with van der Waals surface area (Å²) in [5, 5.41) is 0. The van der Waals surface area contributed by atoms with Crippen molar-refractivity contribution in [3.8, 4) is 0 Å². The highest BCUT2D eigenvalue weighted by atomic mass is 15.2. The molecule has 0 N–H and O–H groups in total. The van der Waals surface area contributed by atoms with Crippen LogP contribution in [0.1, 0.15) is 48.4 Å². The Labute approximate surface area is 203 Å². The molecule has 34 heavy (non-hydrogen) atoms. The van der Waals surface area contributed by atoms with E-state index < -0.39 is 0 Å². The van der Waals surface area contributed by atoms with E-state index in [9.17, 15) is 0 Å². The molecule has 1 atom stereocenters. The Morgan fingerprint density at radius 3 is 2.09 bits per heavy atom. The van der Waals surface area contributed by atoms with Gasteiger partial charge in [0.2, 0.25) is 0 Å². The first-order chi connectivity index (χ1) is 16.7. The zero-order valence-electron chi connectivity index (χ0n) is 20.1. The van der Waals surface area contributed by atoms with Gasteiger partial charge in [-0.15, -0.1) is 0 Å². The third kappa shape index (κ3) is 4.68. The molecule has 4 aromatic carbocycles. The molecule has 2 heteroatoms. The lowest BCUT2D eigenvalue weighted by Crippen LogP contribution is -2.27. The van der Waals surface area contributed by atoms with Gasteiger partial charge in [-0.2, -0.15) is 0 Å². The monoisotopic (exact) mass is 444 g/mol. The molecule has 0 aliphatic carbocycles. The maximum atomic E-state index is 5.20. The van der Waals surface area contributed by atoms with Crippen LogP contribution in [0.4, 0.5) is 17.1 Å². The average Bonchev–Trinajstić information content (AvgIpc) is 3.25. The Hall–Kier alpha value is -3.65. The van der Waals surface area contributed by atoms with Crippen LogP contribution in [0.3, 0.4) is 0 Å². The largest absolute Gasteiger partial charge is 0.338 e. The first-order valence-electron chi connectivity index (χ1n) is 12.4. The number of hydrogen-bond donors (Lipinski definition) is 0. The van der Waals surface area contributed by atoms with Crippen LogP contribution in [0.15, 0.2) is 108 Å². The van der Waals surface area contributed by atoms with Gasteiger partial charge in [0.15, 0.2) is 0 Å². The van der Waals surface area contributed by atoms with Gasteiger partial charge in [-0.25, -0.2) is 4.99 Å². The number of aryl methyl sites for hydroxylation is 1. The van der Waals surface area contributed by atoms with Crippen LogP contribution in [-0.4, -0.2) is 11.8 Å². The Kier molecular flexibility index (Phi) is 6.58. The lowest BCUT2D eigenvalue weighted by Gasteiger charge is -2.28. The van der Waals surface area contributed by atoms with Gasteiger partial charge in [-0.1, -0.05) is 104 Å². The van der Waals surface area contributed by atoms with Crippen molar-refractivity contribution in [3.63, 3.8) is 0 Å². The normalized spacial score (nSPS) is 14.6. The van der Waals surface area contributed by atoms with Crippen molar-refractivity contribution >= 4 is 22.8 Å². The van der Waals surface area contributed by atoms with Gasteiger partial charge in [0.25, 0.3) is 0 Å². The fourth-order valence-corrected chi connectivity index (χ4v) is 4.90. The summed E-state index contributed by atoms with van der Waals surface area (Å²) in [4.78, 5) is 7.75. The van der Waals surface area contributed by atoms with Crippen molar-refractivity contribution < 1.29 is 0 Å². The minimum atomic E-state index is 0.500. The van der Waals surface area contributed by atoms with Gasteiger partial charge >= 0.3 is 0 Å². The van der Waals surface area contributed by atoms with Crippen molar-refractivity contribution in [2.24, 2.45) is 4.99 Å². The highest BCUT2D eigenvalue weighted by molar-refractivity contribution is 6.14. The highest BCUT2D eigenvalue weighted by Gasteiger charge is 2.30. The number of unbranched alkanes of at least 4 members (excludes halogenated alkanes) is 1. The Balaban J connectivity index is 1.58. The summed E-state index contributed by atoms with van der Waals surface area (Å²) >= 11 is 0. The van der Waals surface area contributed by atoms with Gasteiger partial charge in [-0.3, -0.25) is 0 Å². The molecule has 0 spiro atoms. The fourth-order valence-electron chi connectivity index (χ4n) is 4.90. The minimum absolute atomic E-state index is 0.500. The number of fused-ring (bicyclic) bond motifs is 1. The molecule has 0 amide bonds. The van der Waals surface area contributed by atoms with E-state index in [2.05, 4.69) is 122 Å². The lowest BCUT2D eigenvalue weighted by atomic mass is 10.0. The average molecular weight is 445 g/mol. The van der Waals surface area contributed by atoms with Crippen LogP contribution in [0.25, 0.3) is 0 Å². The molecule has 1 aliphatic heterocycles. The molecule has 0 bridgehead atoms. The summed E-state index contributed by atoms with van der Waals surface area (Å²) in [6.07, 6.45) is 4.77. The summed E-state index contributed by atoms with van der Waals surface area (Å²) in [5.41, 5.74) is 9.54. The molecular formula is C32H32N2. The number of rotatable bonds is 7. The molecule has 2 nitrogen and oxygen atoms in total. The number of nitrogens with zero attached hydrogens (tertiary/aromatic N) is 2. The van der Waals surface area contributed by atoms with Crippen LogP contribution < -0.4 is 4.90 Å². The number of anilines is 2. The molecular weight excluding hydrogens is 412 g/mol. The molecule has 0 radical (unpaired) electrons. The maximum absolute atomic E-state index is 5.20.